The molecule has 18 heavy (non-hydrogen) atoms. The van der Waals surface area contributed by atoms with Gasteiger partial charge >= 0.3 is 0 Å². The van der Waals surface area contributed by atoms with E-state index in [1.807, 2.05) is 0 Å². The fourth-order valence-corrected chi connectivity index (χ4v) is 4.16. The molecule has 1 aliphatic carbocycles. The van der Waals surface area contributed by atoms with Crippen LogP contribution in [0.4, 0.5) is 0 Å². The smallest absolute Gasteiger partial charge is 0.239 e. The van der Waals surface area contributed by atoms with Gasteiger partial charge in [0.1, 0.15) is 0 Å². The Morgan fingerprint density at radius 2 is 1.72 bits per heavy atom. The number of carbonyl (C=O) groups is 1. The zero-order valence-electron chi connectivity index (χ0n) is 11.4. The lowest BCUT2D eigenvalue weighted by Gasteiger charge is -2.45. The summed E-state index contributed by atoms with van der Waals surface area (Å²) in [6.07, 6.45) is 11.4. The van der Waals surface area contributed by atoms with E-state index in [9.17, 15) is 4.79 Å². The SMILES string of the molecule is O=C([C@@H]1CCCCN1)N1CCC[C@H]2CCCC[C@H]21. The molecule has 0 radical (unpaired) electrons. The standard InChI is InChI=1S/C15H26N2O/c18-15(13-8-3-4-10-16-13)17-11-5-7-12-6-1-2-9-14(12)17/h12-14,16H,1-11H2/t12-,13+,14-/m1/s1. The first kappa shape index (κ1) is 12.5. The number of likely N-dealkylation sites (tertiary alicyclic amines) is 1. The van der Waals surface area contributed by atoms with Crippen molar-refractivity contribution in [3.8, 4) is 0 Å². The molecule has 0 aromatic heterocycles. The second-order valence-corrected chi connectivity index (χ2v) is 6.29. The zero-order valence-corrected chi connectivity index (χ0v) is 11.4. The Morgan fingerprint density at radius 3 is 2.56 bits per heavy atom. The highest BCUT2D eigenvalue weighted by Gasteiger charge is 2.37. The summed E-state index contributed by atoms with van der Waals surface area (Å²) in [6, 6.07) is 0.697. The van der Waals surface area contributed by atoms with Crippen molar-refractivity contribution in [3.05, 3.63) is 0 Å². The predicted octanol–water partition coefficient (Wildman–Crippen LogP) is 2.31. The average Bonchev–Trinajstić information content (AvgIpc) is 2.47. The quantitative estimate of drug-likeness (QED) is 0.774. The third kappa shape index (κ3) is 2.42. The highest BCUT2D eigenvalue weighted by molar-refractivity contribution is 5.82. The Bertz CT molecular complexity index is 297. The monoisotopic (exact) mass is 250 g/mol. The van der Waals surface area contributed by atoms with Crippen LogP contribution in [0.1, 0.15) is 57.8 Å². The average molecular weight is 250 g/mol. The molecule has 2 saturated heterocycles. The summed E-state index contributed by atoms with van der Waals surface area (Å²) in [5.41, 5.74) is 0. The van der Waals surface area contributed by atoms with Crippen molar-refractivity contribution in [2.24, 2.45) is 5.92 Å². The van der Waals surface area contributed by atoms with Crippen molar-refractivity contribution in [2.75, 3.05) is 13.1 Å². The molecule has 3 aliphatic rings. The van der Waals surface area contributed by atoms with Crippen LogP contribution < -0.4 is 5.32 Å². The van der Waals surface area contributed by atoms with Crippen molar-refractivity contribution in [1.29, 1.82) is 0 Å². The molecule has 1 N–H and O–H groups in total. The molecule has 102 valence electrons. The highest BCUT2D eigenvalue weighted by atomic mass is 16.2. The van der Waals surface area contributed by atoms with Crippen LogP contribution in [0.3, 0.4) is 0 Å². The zero-order chi connectivity index (χ0) is 12.4. The molecule has 3 atom stereocenters. The largest absolute Gasteiger partial charge is 0.338 e. The molecule has 0 unspecified atom stereocenters. The minimum Gasteiger partial charge on any atom is -0.338 e. The van der Waals surface area contributed by atoms with Gasteiger partial charge in [0.25, 0.3) is 0 Å². The first-order valence-corrected chi connectivity index (χ1v) is 7.90. The van der Waals surface area contributed by atoms with E-state index in [2.05, 4.69) is 10.2 Å². The normalized spacial score (nSPS) is 37.1. The summed E-state index contributed by atoms with van der Waals surface area (Å²) in [6.45, 7) is 2.04. The maximum atomic E-state index is 12.7. The summed E-state index contributed by atoms with van der Waals surface area (Å²) >= 11 is 0. The number of piperidine rings is 2. The molecule has 1 saturated carbocycles. The van der Waals surface area contributed by atoms with E-state index in [0.29, 0.717) is 11.9 Å². The molecule has 1 amide bonds. The number of rotatable bonds is 1. The van der Waals surface area contributed by atoms with Crippen LogP contribution in [0, 0.1) is 5.92 Å². The molecule has 3 nitrogen and oxygen atoms in total. The van der Waals surface area contributed by atoms with Gasteiger partial charge in [0.15, 0.2) is 0 Å². The van der Waals surface area contributed by atoms with Gasteiger partial charge in [-0.05, 0) is 51.0 Å². The maximum absolute atomic E-state index is 12.7. The van der Waals surface area contributed by atoms with Crippen molar-refractivity contribution in [1.82, 2.24) is 10.2 Å². The molecule has 2 aliphatic heterocycles. The van der Waals surface area contributed by atoms with Gasteiger partial charge in [-0.2, -0.15) is 0 Å². The van der Waals surface area contributed by atoms with Gasteiger partial charge < -0.3 is 10.2 Å². The number of nitrogens with zero attached hydrogens (tertiary/aromatic N) is 1. The summed E-state index contributed by atoms with van der Waals surface area (Å²) in [5, 5.41) is 3.42. The van der Waals surface area contributed by atoms with Crippen molar-refractivity contribution in [2.45, 2.75) is 69.9 Å². The van der Waals surface area contributed by atoms with Crippen LogP contribution in [0.25, 0.3) is 0 Å². The fraction of sp³-hybridized carbons (Fsp3) is 0.933. The molecule has 0 spiro atoms. The number of nitrogens with one attached hydrogen (secondary N) is 1. The third-order valence-corrected chi connectivity index (χ3v) is 5.13. The van der Waals surface area contributed by atoms with E-state index in [1.54, 1.807) is 0 Å². The van der Waals surface area contributed by atoms with E-state index in [1.165, 1.54) is 51.4 Å². The van der Waals surface area contributed by atoms with Gasteiger partial charge in [0.05, 0.1) is 6.04 Å². The molecule has 0 aromatic rings. The van der Waals surface area contributed by atoms with Crippen LogP contribution in [0.5, 0.6) is 0 Å². The molecule has 0 bridgehead atoms. The number of hydrogen-bond donors (Lipinski definition) is 1. The second kappa shape index (κ2) is 5.60. The molecule has 3 fully saturated rings. The number of hydrogen-bond acceptors (Lipinski definition) is 2. The lowest BCUT2D eigenvalue weighted by Crippen LogP contribution is -2.56. The summed E-state index contributed by atoms with van der Waals surface area (Å²) < 4.78 is 0. The first-order valence-electron chi connectivity index (χ1n) is 7.90. The summed E-state index contributed by atoms with van der Waals surface area (Å²) in [4.78, 5) is 14.9. The Balaban J connectivity index is 1.67. The Labute approximate surface area is 110 Å². The predicted molar refractivity (Wildman–Crippen MR) is 72.3 cm³/mol. The van der Waals surface area contributed by atoms with Crippen LogP contribution >= 0.6 is 0 Å². The molecular weight excluding hydrogens is 224 g/mol. The van der Waals surface area contributed by atoms with E-state index in [4.69, 9.17) is 0 Å². The summed E-state index contributed by atoms with van der Waals surface area (Å²) in [5.74, 6) is 1.21. The van der Waals surface area contributed by atoms with Crippen molar-refractivity contribution < 1.29 is 4.79 Å². The van der Waals surface area contributed by atoms with Gasteiger partial charge in [-0.1, -0.05) is 19.3 Å². The molecule has 3 heteroatoms. The van der Waals surface area contributed by atoms with E-state index in [0.717, 1.165) is 25.4 Å². The van der Waals surface area contributed by atoms with Gasteiger partial charge in [0, 0.05) is 12.6 Å². The minimum absolute atomic E-state index is 0.124. The first-order chi connectivity index (χ1) is 8.86. The summed E-state index contributed by atoms with van der Waals surface area (Å²) in [7, 11) is 0. The molecule has 3 rings (SSSR count). The molecule has 0 aromatic carbocycles. The number of fused-ring (bicyclic) bond motifs is 1. The number of carbonyl (C=O) groups excluding carboxylic acids is 1. The van der Waals surface area contributed by atoms with E-state index >= 15 is 0 Å². The highest BCUT2D eigenvalue weighted by Crippen LogP contribution is 2.35. The maximum Gasteiger partial charge on any atom is 0.239 e. The van der Waals surface area contributed by atoms with Gasteiger partial charge in [-0.3, -0.25) is 4.79 Å². The molecular formula is C15H26N2O. The van der Waals surface area contributed by atoms with Crippen LogP contribution in [0.2, 0.25) is 0 Å². The van der Waals surface area contributed by atoms with Crippen LogP contribution in [0.15, 0.2) is 0 Å². The second-order valence-electron chi connectivity index (χ2n) is 6.29. The van der Waals surface area contributed by atoms with Gasteiger partial charge in [0.2, 0.25) is 5.91 Å². The Kier molecular flexibility index (Phi) is 3.88. The van der Waals surface area contributed by atoms with E-state index in [-0.39, 0.29) is 6.04 Å². The van der Waals surface area contributed by atoms with Crippen LogP contribution in [-0.2, 0) is 4.79 Å². The third-order valence-electron chi connectivity index (χ3n) is 5.13. The Morgan fingerprint density at radius 1 is 0.944 bits per heavy atom. The Hall–Kier alpha value is -0.570. The lowest BCUT2D eigenvalue weighted by molar-refractivity contribution is -0.140. The topological polar surface area (TPSA) is 32.3 Å². The van der Waals surface area contributed by atoms with Crippen molar-refractivity contribution in [3.63, 3.8) is 0 Å². The van der Waals surface area contributed by atoms with Crippen molar-refractivity contribution >= 4 is 5.91 Å². The van der Waals surface area contributed by atoms with Gasteiger partial charge in [-0.25, -0.2) is 0 Å². The van der Waals surface area contributed by atoms with Gasteiger partial charge in [-0.15, -0.1) is 0 Å². The molecule has 2 heterocycles. The van der Waals surface area contributed by atoms with E-state index < -0.39 is 0 Å². The number of amides is 1. The lowest BCUT2D eigenvalue weighted by atomic mass is 9.78. The van der Waals surface area contributed by atoms with Crippen LogP contribution in [-0.4, -0.2) is 36.0 Å². The minimum atomic E-state index is 0.124. The fourth-order valence-electron chi connectivity index (χ4n) is 4.16.